The van der Waals surface area contributed by atoms with Crippen molar-refractivity contribution in [1.29, 1.82) is 0 Å². The largest absolute Gasteiger partial charge is 1.00 e. The van der Waals surface area contributed by atoms with Gasteiger partial charge in [-0.25, -0.2) is 4.90 Å². The third kappa shape index (κ3) is 3.03. The molecule has 0 aliphatic carbocycles. The minimum atomic E-state index is -4.65. The number of amides is 2. The van der Waals surface area contributed by atoms with E-state index in [9.17, 15) is 22.6 Å². The number of rotatable bonds is 2. The van der Waals surface area contributed by atoms with Crippen LogP contribution in [-0.4, -0.2) is 24.8 Å². The van der Waals surface area contributed by atoms with E-state index in [2.05, 4.69) is 0 Å². The first kappa shape index (κ1) is 20.5. The minimum Gasteiger partial charge on any atom is -0.397 e. The molecule has 0 saturated heterocycles. The molecule has 0 atom stereocenters. The minimum absolute atomic E-state index is 0. The van der Waals surface area contributed by atoms with Gasteiger partial charge in [0.2, 0.25) is 0 Å². The summed E-state index contributed by atoms with van der Waals surface area (Å²) in [4.78, 5) is 26.5. The van der Waals surface area contributed by atoms with Gasteiger partial charge < -0.3 is 5.73 Å². The van der Waals surface area contributed by atoms with Crippen molar-refractivity contribution < 1.29 is 52.1 Å². The van der Waals surface area contributed by atoms with Crippen LogP contribution in [-0.2, 0) is 10.1 Å². The number of carbonyl (C=O) groups excluding carboxylic acids is 2. The molecule has 1 aliphatic rings. The van der Waals surface area contributed by atoms with Gasteiger partial charge in [0.05, 0.1) is 16.9 Å². The number of nitrogens with zero attached hydrogens (tertiary/aromatic N) is 1. The molecular formula is C19H14N2NaO5S+. The summed E-state index contributed by atoms with van der Waals surface area (Å²) in [5.74, 6) is -1.21. The average molecular weight is 405 g/mol. The normalized spacial score (nSPS) is 13.6. The predicted octanol–water partition coefficient (Wildman–Crippen LogP) is -0.218. The van der Waals surface area contributed by atoms with Crippen molar-refractivity contribution in [2.75, 3.05) is 10.6 Å². The summed E-state index contributed by atoms with van der Waals surface area (Å²) < 4.78 is 32.9. The molecular weight excluding hydrogens is 391 g/mol. The third-order valence-electron chi connectivity index (χ3n) is 4.60. The fraction of sp³-hybridized carbons (Fsp3) is 0.0526. The van der Waals surface area contributed by atoms with Crippen molar-refractivity contribution >= 4 is 44.1 Å². The molecule has 0 aromatic heterocycles. The van der Waals surface area contributed by atoms with Crippen LogP contribution in [0.25, 0.3) is 10.8 Å². The monoisotopic (exact) mass is 405 g/mol. The van der Waals surface area contributed by atoms with Crippen LogP contribution in [0.4, 0.5) is 11.4 Å². The Kier molecular flexibility index (Phi) is 5.11. The number of imide groups is 1. The topological polar surface area (TPSA) is 118 Å². The van der Waals surface area contributed by atoms with Gasteiger partial charge in [0.1, 0.15) is 4.90 Å². The van der Waals surface area contributed by atoms with Gasteiger partial charge in [-0.1, -0.05) is 29.8 Å². The molecule has 3 aromatic rings. The molecule has 2 amide bonds. The Morgan fingerprint density at radius 2 is 1.57 bits per heavy atom. The molecule has 0 unspecified atom stereocenters. The van der Waals surface area contributed by atoms with Crippen LogP contribution in [0.3, 0.4) is 0 Å². The zero-order valence-corrected chi connectivity index (χ0v) is 17.9. The van der Waals surface area contributed by atoms with Crippen molar-refractivity contribution in [3.05, 3.63) is 65.2 Å². The Labute approximate surface area is 183 Å². The zero-order valence-electron chi connectivity index (χ0n) is 15.1. The number of nitrogen functional groups attached to an aromatic ring is 1. The van der Waals surface area contributed by atoms with Crippen molar-refractivity contribution in [1.82, 2.24) is 0 Å². The average Bonchev–Trinajstić information content (AvgIpc) is 2.61. The molecule has 1 heterocycles. The molecule has 0 fully saturated rings. The number of benzene rings is 3. The van der Waals surface area contributed by atoms with Gasteiger partial charge in [0, 0.05) is 16.3 Å². The quantitative estimate of drug-likeness (QED) is 0.264. The molecule has 28 heavy (non-hydrogen) atoms. The first-order chi connectivity index (χ1) is 12.7. The number of aryl methyl sites for hydroxylation is 1. The summed E-state index contributed by atoms with van der Waals surface area (Å²) in [6.45, 7) is 1.88. The smallest absolute Gasteiger partial charge is 0.397 e. The Hall–Kier alpha value is -2.23. The van der Waals surface area contributed by atoms with Gasteiger partial charge in [-0.3, -0.25) is 14.1 Å². The van der Waals surface area contributed by atoms with Crippen molar-refractivity contribution in [3.8, 4) is 0 Å². The van der Waals surface area contributed by atoms with Crippen LogP contribution < -0.4 is 40.2 Å². The predicted molar refractivity (Wildman–Crippen MR) is 100 cm³/mol. The summed E-state index contributed by atoms with van der Waals surface area (Å²) >= 11 is 0. The van der Waals surface area contributed by atoms with Crippen LogP contribution in [0.2, 0.25) is 0 Å². The van der Waals surface area contributed by atoms with E-state index >= 15 is 0 Å². The van der Waals surface area contributed by atoms with E-state index in [1.807, 2.05) is 6.92 Å². The molecule has 136 valence electrons. The Morgan fingerprint density at radius 3 is 2.18 bits per heavy atom. The second-order valence-electron chi connectivity index (χ2n) is 6.32. The number of anilines is 2. The zero-order chi connectivity index (χ0) is 19.5. The molecule has 0 spiro atoms. The van der Waals surface area contributed by atoms with Crippen LogP contribution in [0.5, 0.6) is 0 Å². The summed E-state index contributed by atoms with van der Waals surface area (Å²) in [6, 6.07) is 12.4. The van der Waals surface area contributed by atoms with Crippen molar-refractivity contribution in [2.24, 2.45) is 0 Å². The molecule has 3 aromatic carbocycles. The van der Waals surface area contributed by atoms with E-state index in [0.29, 0.717) is 5.69 Å². The second kappa shape index (κ2) is 6.98. The van der Waals surface area contributed by atoms with Gasteiger partial charge in [0.15, 0.2) is 0 Å². The standard InChI is InChI=1S/C19H14N2O5S.Na/c1-10-5-7-11(8-6-10)21-18(22)13-4-2-3-12-16(13)14(19(21)23)9-15(17(12)20)27(24,25)26;/h2-9H,20H2,1H3,(H,24,25,26);/q;+1. The van der Waals surface area contributed by atoms with Gasteiger partial charge in [-0.05, 0) is 31.2 Å². The SMILES string of the molecule is Cc1ccc(N2C(=O)c3cccc4c(N)c(S(=O)(=O)O)cc(c34)C2=O)cc1.[Na+]. The van der Waals surface area contributed by atoms with Crippen LogP contribution in [0, 0.1) is 6.92 Å². The van der Waals surface area contributed by atoms with Crippen LogP contribution in [0.1, 0.15) is 26.3 Å². The summed E-state index contributed by atoms with van der Waals surface area (Å²) in [5, 5.41) is 0.503. The third-order valence-corrected chi connectivity index (χ3v) is 5.50. The fourth-order valence-electron chi connectivity index (χ4n) is 3.30. The molecule has 0 saturated carbocycles. The van der Waals surface area contributed by atoms with Crippen LogP contribution in [0.15, 0.2) is 53.4 Å². The molecule has 1 aliphatic heterocycles. The second-order valence-corrected chi connectivity index (χ2v) is 7.71. The Bertz CT molecular complexity index is 1250. The first-order valence-electron chi connectivity index (χ1n) is 7.98. The van der Waals surface area contributed by atoms with Crippen LogP contribution >= 0.6 is 0 Å². The first-order valence-corrected chi connectivity index (χ1v) is 9.42. The number of nitrogens with two attached hydrogens (primary N) is 1. The van der Waals surface area contributed by atoms with Crippen molar-refractivity contribution in [3.63, 3.8) is 0 Å². The Morgan fingerprint density at radius 1 is 0.964 bits per heavy atom. The maximum absolute atomic E-state index is 13.1. The maximum Gasteiger partial charge on any atom is 1.00 e. The van der Waals surface area contributed by atoms with E-state index < -0.39 is 26.8 Å². The molecule has 0 bridgehead atoms. The van der Waals surface area contributed by atoms with E-state index in [0.717, 1.165) is 16.5 Å². The summed E-state index contributed by atoms with van der Waals surface area (Å²) in [7, 11) is -4.65. The van der Waals surface area contributed by atoms with Gasteiger partial charge >= 0.3 is 29.6 Å². The molecule has 3 N–H and O–H groups in total. The van der Waals surface area contributed by atoms with Crippen molar-refractivity contribution in [2.45, 2.75) is 11.8 Å². The summed E-state index contributed by atoms with van der Waals surface area (Å²) in [6.07, 6.45) is 0. The Balaban J connectivity index is 0.00000225. The number of hydrogen-bond acceptors (Lipinski definition) is 5. The van der Waals surface area contributed by atoms with E-state index in [1.54, 1.807) is 36.4 Å². The molecule has 4 rings (SSSR count). The maximum atomic E-state index is 13.1. The van der Waals surface area contributed by atoms with E-state index in [-0.39, 0.29) is 57.1 Å². The summed E-state index contributed by atoms with van der Waals surface area (Å²) in [5.41, 5.74) is 7.24. The van der Waals surface area contributed by atoms with Gasteiger partial charge in [0.25, 0.3) is 21.9 Å². The molecule has 9 heteroatoms. The van der Waals surface area contributed by atoms with E-state index in [4.69, 9.17) is 5.73 Å². The number of carbonyl (C=O) groups is 2. The van der Waals surface area contributed by atoms with Gasteiger partial charge in [-0.2, -0.15) is 8.42 Å². The fourth-order valence-corrected chi connectivity index (χ4v) is 3.96. The van der Waals surface area contributed by atoms with Gasteiger partial charge in [-0.15, -0.1) is 0 Å². The molecule has 7 nitrogen and oxygen atoms in total. The number of hydrogen-bond donors (Lipinski definition) is 2. The molecule has 0 radical (unpaired) electrons. The van der Waals surface area contributed by atoms with E-state index in [1.165, 1.54) is 6.07 Å².